The van der Waals surface area contributed by atoms with Gasteiger partial charge in [0.05, 0.1) is 24.9 Å². The summed E-state index contributed by atoms with van der Waals surface area (Å²) in [5.74, 6) is -3.39. The Hall–Kier alpha value is -1.96. The summed E-state index contributed by atoms with van der Waals surface area (Å²) in [5, 5.41) is 18.7. The molecule has 0 aliphatic heterocycles. The molecule has 5 N–H and O–H groups in total. The van der Waals surface area contributed by atoms with Crippen molar-refractivity contribution in [3.05, 3.63) is 0 Å². The molecule has 0 heterocycles. The summed E-state index contributed by atoms with van der Waals surface area (Å²) in [6.45, 7) is 0. The number of aliphatic carboxylic acids is 2. The fourth-order valence-corrected chi connectivity index (χ4v) is 0.892. The largest absolute Gasteiger partial charge is 0.481 e. The molecule has 90 valence electrons. The van der Waals surface area contributed by atoms with E-state index in [0.717, 1.165) is 0 Å². The van der Waals surface area contributed by atoms with Gasteiger partial charge in [0.25, 0.3) is 0 Å². The SMILES string of the molecule is N[C@H](CC(=O)O)C(=O)N[C@H](C=O)CC(=O)O. The summed E-state index contributed by atoms with van der Waals surface area (Å²) in [4.78, 5) is 42.0. The molecule has 0 spiro atoms. The van der Waals surface area contributed by atoms with Gasteiger partial charge in [-0.25, -0.2) is 0 Å². The minimum atomic E-state index is -1.31. The second-order valence-corrected chi connectivity index (χ2v) is 3.05. The van der Waals surface area contributed by atoms with Gasteiger partial charge in [-0.15, -0.1) is 0 Å². The van der Waals surface area contributed by atoms with Crippen LogP contribution in [0.5, 0.6) is 0 Å². The number of amides is 1. The molecule has 0 rings (SSSR count). The molecule has 0 saturated carbocycles. The molecule has 0 aliphatic rings. The normalized spacial score (nSPS) is 13.6. The molecule has 8 heteroatoms. The van der Waals surface area contributed by atoms with E-state index in [4.69, 9.17) is 15.9 Å². The quantitative estimate of drug-likeness (QED) is 0.369. The topological polar surface area (TPSA) is 147 Å². The summed E-state index contributed by atoms with van der Waals surface area (Å²) in [6.07, 6.45) is -0.918. The highest BCUT2D eigenvalue weighted by Crippen LogP contribution is 1.93. The first-order chi connectivity index (χ1) is 7.36. The number of hydrogen-bond donors (Lipinski definition) is 4. The van der Waals surface area contributed by atoms with E-state index >= 15 is 0 Å². The molecule has 0 aromatic heterocycles. The Labute approximate surface area is 90.4 Å². The Bertz CT molecular complexity index is 303. The number of carbonyl (C=O) groups is 4. The molecule has 2 atom stereocenters. The summed E-state index contributed by atoms with van der Waals surface area (Å²) >= 11 is 0. The van der Waals surface area contributed by atoms with E-state index in [0.29, 0.717) is 0 Å². The minimum Gasteiger partial charge on any atom is -0.481 e. The fourth-order valence-electron chi connectivity index (χ4n) is 0.892. The van der Waals surface area contributed by atoms with E-state index < -0.39 is 42.8 Å². The van der Waals surface area contributed by atoms with Gasteiger partial charge in [-0.1, -0.05) is 0 Å². The van der Waals surface area contributed by atoms with Crippen LogP contribution in [-0.2, 0) is 19.2 Å². The number of aldehydes is 1. The Morgan fingerprint density at radius 1 is 1.19 bits per heavy atom. The fraction of sp³-hybridized carbons (Fsp3) is 0.500. The number of rotatable bonds is 7. The molecule has 0 saturated heterocycles. The lowest BCUT2D eigenvalue weighted by Crippen LogP contribution is -2.47. The van der Waals surface area contributed by atoms with Crippen molar-refractivity contribution in [1.82, 2.24) is 5.32 Å². The maximum atomic E-state index is 11.2. The molecule has 8 nitrogen and oxygen atoms in total. The van der Waals surface area contributed by atoms with Gasteiger partial charge < -0.3 is 26.1 Å². The van der Waals surface area contributed by atoms with Gasteiger partial charge >= 0.3 is 11.9 Å². The van der Waals surface area contributed by atoms with Gasteiger partial charge in [0.1, 0.15) is 6.29 Å². The highest BCUT2D eigenvalue weighted by atomic mass is 16.4. The van der Waals surface area contributed by atoms with Crippen molar-refractivity contribution >= 4 is 24.1 Å². The number of nitrogens with two attached hydrogens (primary N) is 1. The average Bonchev–Trinajstić information content (AvgIpc) is 2.14. The smallest absolute Gasteiger partial charge is 0.305 e. The van der Waals surface area contributed by atoms with Crippen LogP contribution >= 0.6 is 0 Å². The molecule has 0 aromatic rings. The van der Waals surface area contributed by atoms with Crippen molar-refractivity contribution in [2.45, 2.75) is 24.9 Å². The number of carbonyl (C=O) groups excluding carboxylic acids is 2. The summed E-state index contributed by atoms with van der Waals surface area (Å²) in [5.41, 5.74) is 5.20. The third-order valence-electron chi connectivity index (χ3n) is 1.62. The maximum Gasteiger partial charge on any atom is 0.305 e. The number of hydrogen-bond acceptors (Lipinski definition) is 5. The van der Waals surface area contributed by atoms with Crippen molar-refractivity contribution in [2.24, 2.45) is 5.73 Å². The zero-order valence-electron chi connectivity index (χ0n) is 8.25. The molecule has 0 bridgehead atoms. The summed E-state index contributed by atoms with van der Waals surface area (Å²) < 4.78 is 0. The lowest BCUT2D eigenvalue weighted by molar-refractivity contribution is -0.141. The van der Waals surface area contributed by atoms with Crippen molar-refractivity contribution < 1.29 is 29.4 Å². The van der Waals surface area contributed by atoms with E-state index in [1.54, 1.807) is 0 Å². The van der Waals surface area contributed by atoms with Gasteiger partial charge in [-0.05, 0) is 0 Å². The van der Waals surface area contributed by atoms with Gasteiger partial charge in [0, 0.05) is 0 Å². The molecule has 0 radical (unpaired) electrons. The Morgan fingerprint density at radius 3 is 2.06 bits per heavy atom. The van der Waals surface area contributed by atoms with Crippen LogP contribution in [0.25, 0.3) is 0 Å². The van der Waals surface area contributed by atoms with E-state index in [-0.39, 0.29) is 6.29 Å². The lowest BCUT2D eigenvalue weighted by atomic mass is 10.1. The molecule has 0 fully saturated rings. The summed E-state index contributed by atoms with van der Waals surface area (Å²) in [6, 6.07) is -2.52. The maximum absolute atomic E-state index is 11.2. The minimum absolute atomic E-state index is 0.250. The van der Waals surface area contributed by atoms with Crippen LogP contribution in [0.15, 0.2) is 0 Å². The first-order valence-electron chi connectivity index (χ1n) is 4.31. The van der Waals surface area contributed by atoms with Crippen LogP contribution < -0.4 is 11.1 Å². The number of nitrogens with one attached hydrogen (secondary N) is 1. The zero-order valence-corrected chi connectivity index (χ0v) is 8.25. The molecule has 0 aliphatic carbocycles. The highest BCUT2D eigenvalue weighted by Gasteiger charge is 2.21. The standard InChI is InChI=1S/C8H12N2O6/c9-5(2-7(14)15)8(16)10-4(3-11)1-6(12)13/h3-5H,1-2,9H2,(H,10,16)(H,12,13)(H,14,15)/t4-,5+/m0/s1. The second kappa shape index (κ2) is 6.51. The van der Waals surface area contributed by atoms with Crippen LogP contribution in [0.4, 0.5) is 0 Å². The van der Waals surface area contributed by atoms with Crippen molar-refractivity contribution in [2.75, 3.05) is 0 Å². The van der Waals surface area contributed by atoms with Crippen LogP contribution in [-0.4, -0.2) is 46.4 Å². The van der Waals surface area contributed by atoms with Gasteiger partial charge in [0.2, 0.25) is 5.91 Å². The third kappa shape index (κ3) is 5.70. The van der Waals surface area contributed by atoms with E-state index in [1.807, 2.05) is 5.32 Å². The second-order valence-electron chi connectivity index (χ2n) is 3.05. The zero-order chi connectivity index (χ0) is 12.7. The molecule has 0 aromatic carbocycles. The Balaban J connectivity index is 4.23. The molecule has 0 unspecified atom stereocenters. The van der Waals surface area contributed by atoms with Crippen LogP contribution in [0.3, 0.4) is 0 Å². The highest BCUT2D eigenvalue weighted by molar-refractivity contribution is 5.88. The van der Waals surface area contributed by atoms with E-state index in [1.165, 1.54) is 0 Å². The summed E-state index contributed by atoms with van der Waals surface area (Å²) in [7, 11) is 0. The monoisotopic (exact) mass is 232 g/mol. The third-order valence-corrected chi connectivity index (χ3v) is 1.62. The number of carboxylic acid groups (broad SMARTS) is 2. The van der Waals surface area contributed by atoms with Gasteiger partial charge in [-0.3, -0.25) is 14.4 Å². The molecular formula is C8H12N2O6. The van der Waals surface area contributed by atoms with Gasteiger partial charge in [-0.2, -0.15) is 0 Å². The molecule has 16 heavy (non-hydrogen) atoms. The van der Waals surface area contributed by atoms with Gasteiger partial charge in [0.15, 0.2) is 0 Å². The predicted octanol–water partition coefficient (Wildman–Crippen LogP) is -2.05. The Kier molecular flexibility index (Phi) is 5.71. The van der Waals surface area contributed by atoms with E-state index in [9.17, 15) is 19.2 Å². The first-order valence-corrected chi connectivity index (χ1v) is 4.31. The van der Waals surface area contributed by atoms with Crippen LogP contribution in [0.2, 0.25) is 0 Å². The number of carboxylic acids is 2. The van der Waals surface area contributed by atoms with Crippen molar-refractivity contribution in [3.8, 4) is 0 Å². The molecule has 1 amide bonds. The van der Waals surface area contributed by atoms with Crippen molar-refractivity contribution in [1.29, 1.82) is 0 Å². The first kappa shape index (κ1) is 14.0. The van der Waals surface area contributed by atoms with Crippen LogP contribution in [0, 0.1) is 0 Å². The Morgan fingerprint density at radius 2 is 1.69 bits per heavy atom. The van der Waals surface area contributed by atoms with E-state index in [2.05, 4.69) is 0 Å². The van der Waals surface area contributed by atoms with Crippen LogP contribution in [0.1, 0.15) is 12.8 Å². The average molecular weight is 232 g/mol. The predicted molar refractivity (Wildman–Crippen MR) is 50.5 cm³/mol. The molecular weight excluding hydrogens is 220 g/mol. The lowest BCUT2D eigenvalue weighted by Gasteiger charge is -2.13. The van der Waals surface area contributed by atoms with Crippen molar-refractivity contribution in [3.63, 3.8) is 0 Å².